The topological polar surface area (TPSA) is 110 Å². The second kappa shape index (κ2) is 8.02. The number of carbonyl (C=O) groups is 2. The fraction of sp³-hybridized carbons (Fsp3) is 0.333. The lowest BCUT2D eigenvalue weighted by Gasteiger charge is -2.36. The van der Waals surface area contributed by atoms with Crippen LogP contribution in [0.3, 0.4) is 0 Å². The van der Waals surface area contributed by atoms with Gasteiger partial charge < -0.3 is 14.0 Å². The van der Waals surface area contributed by atoms with Crippen molar-refractivity contribution in [3.63, 3.8) is 0 Å². The summed E-state index contributed by atoms with van der Waals surface area (Å²) in [6.07, 6.45) is -13.0. The van der Waals surface area contributed by atoms with Gasteiger partial charge in [-0.2, -0.15) is 26.3 Å². The zero-order valence-electron chi connectivity index (χ0n) is 14.3. The number of rotatable bonds is 6. The molecule has 162 valence electrons. The molecule has 1 aromatic carbocycles. The van der Waals surface area contributed by atoms with E-state index in [9.17, 15) is 48.9 Å². The molecule has 0 aliphatic carbocycles. The highest BCUT2D eigenvalue weighted by Crippen LogP contribution is 2.47. The Hall–Kier alpha value is -2.61. The molecule has 7 nitrogen and oxygen atoms in total. The molecule has 0 heterocycles. The van der Waals surface area contributed by atoms with Gasteiger partial charge >= 0.3 is 29.9 Å². The molecule has 0 fully saturated rings. The summed E-state index contributed by atoms with van der Waals surface area (Å²) in [6.45, 7) is 4.57. The van der Waals surface area contributed by atoms with E-state index < -0.39 is 51.3 Å². The Kier molecular flexibility index (Phi) is 6.76. The normalized spacial score (nSPS) is 13.0. The second-order valence-corrected chi connectivity index (χ2v) is 7.01. The largest absolute Gasteiger partial charge is 0.748 e. The van der Waals surface area contributed by atoms with Crippen molar-refractivity contribution >= 4 is 22.1 Å². The van der Waals surface area contributed by atoms with Crippen LogP contribution in [0.15, 0.2) is 36.4 Å². The average Bonchev–Trinajstić information content (AvgIpc) is 2.51. The highest BCUT2D eigenvalue weighted by molar-refractivity contribution is 7.85. The first kappa shape index (κ1) is 24.4. The molecule has 1 aromatic rings. The summed E-state index contributed by atoms with van der Waals surface area (Å²) in [4.78, 5) is 23.2. The number of ether oxygens (including phenoxy) is 2. The van der Waals surface area contributed by atoms with E-state index in [1.807, 2.05) is 0 Å². The van der Waals surface area contributed by atoms with Gasteiger partial charge in [0.2, 0.25) is 0 Å². The zero-order valence-corrected chi connectivity index (χ0v) is 15.1. The average molecular weight is 449 g/mol. The molecule has 0 atom stereocenters. The van der Waals surface area contributed by atoms with E-state index in [1.165, 1.54) is 6.92 Å². The van der Waals surface area contributed by atoms with Gasteiger partial charge in [-0.3, -0.25) is 0 Å². The maximum absolute atomic E-state index is 13.1. The molecule has 14 heteroatoms. The Morgan fingerprint density at radius 2 is 1.48 bits per heavy atom. The van der Waals surface area contributed by atoms with Gasteiger partial charge in [0.15, 0.2) is 0 Å². The fourth-order valence-corrected chi connectivity index (χ4v) is 2.67. The van der Waals surface area contributed by atoms with Gasteiger partial charge in [-0.1, -0.05) is 6.58 Å². The molecule has 0 aliphatic rings. The first-order valence-corrected chi connectivity index (χ1v) is 8.75. The molecule has 0 saturated heterocycles. The maximum atomic E-state index is 13.1. The SMILES string of the molecule is C=C(C)C(=O)Oc1ccc(C(=O)OC(CS(=O)(=O)[O-])(C(F)(F)F)C(F)(F)F)cc1. The third-order valence-corrected chi connectivity index (χ3v) is 3.97. The minimum Gasteiger partial charge on any atom is -0.748 e. The van der Waals surface area contributed by atoms with Crippen molar-refractivity contribution < 1.29 is 58.4 Å². The van der Waals surface area contributed by atoms with Crippen molar-refractivity contribution in [3.05, 3.63) is 42.0 Å². The van der Waals surface area contributed by atoms with E-state index in [-0.39, 0.29) is 11.3 Å². The summed E-state index contributed by atoms with van der Waals surface area (Å²) in [7, 11) is -6.14. The van der Waals surface area contributed by atoms with Gasteiger partial charge in [-0.25, -0.2) is 18.0 Å². The van der Waals surface area contributed by atoms with Gasteiger partial charge in [0.05, 0.1) is 21.4 Å². The van der Waals surface area contributed by atoms with Crippen LogP contribution in [-0.2, 0) is 19.6 Å². The minimum absolute atomic E-state index is 0.0209. The van der Waals surface area contributed by atoms with E-state index in [1.54, 1.807) is 0 Å². The minimum atomic E-state index is -6.48. The van der Waals surface area contributed by atoms with Crippen LogP contribution in [0.4, 0.5) is 26.3 Å². The summed E-state index contributed by atoms with van der Waals surface area (Å²) in [6, 6.07) is 3.02. The molecular weight excluding hydrogens is 438 g/mol. The Morgan fingerprint density at radius 3 is 1.83 bits per heavy atom. The van der Waals surface area contributed by atoms with Crippen molar-refractivity contribution in [2.24, 2.45) is 0 Å². The Labute approximate surface area is 159 Å². The monoisotopic (exact) mass is 449 g/mol. The Bertz CT molecular complexity index is 887. The predicted molar refractivity (Wildman–Crippen MR) is 81.7 cm³/mol. The summed E-state index contributed by atoms with van der Waals surface area (Å²) < 4.78 is 119. The lowest BCUT2D eigenvalue weighted by atomic mass is 10.1. The van der Waals surface area contributed by atoms with Gasteiger partial charge in [0.25, 0.3) is 0 Å². The first-order chi connectivity index (χ1) is 12.9. The Balaban J connectivity index is 3.28. The smallest absolute Gasteiger partial charge is 0.438 e. The van der Waals surface area contributed by atoms with E-state index in [4.69, 9.17) is 4.74 Å². The van der Waals surface area contributed by atoms with Crippen LogP contribution in [0.25, 0.3) is 0 Å². The van der Waals surface area contributed by atoms with Crippen molar-refractivity contribution in [1.29, 1.82) is 0 Å². The van der Waals surface area contributed by atoms with E-state index in [0.717, 1.165) is 12.1 Å². The van der Waals surface area contributed by atoms with Crippen molar-refractivity contribution in [2.45, 2.75) is 24.9 Å². The molecule has 0 unspecified atom stereocenters. The molecule has 0 saturated carbocycles. The van der Waals surface area contributed by atoms with Gasteiger partial charge in [0.1, 0.15) is 5.75 Å². The Morgan fingerprint density at radius 1 is 1.03 bits per heavy atom. The fourth-order valence-electron chi connectivity index (χ4n) is 1.79. The highest BCUT2D eigenvalue weighted by atomic mass is 32.2. The highest BCUT2D eigenvalue weighted by Gasteiger charge is 2.75. The van der Waals surface area contributed by atoms with Crippen LogP contribution in [0.1, 0.15) is 17.3 Å². The van der Waals surface area contributed by atoms with Crippen LogP contribution < -0.4 is 4.74 Å². The summed E-state index contributed by atoms with van der Waals surface area (Å²) in [5, 5.41) is 0. The summed E-state index contributed by atoms with van der Waals surface area (Å²) >= 11 is 0. The summed E-state index contributed by atoms with van der Waals surface area (Å²) in [5.74, 6) is -6.45. The molecule has 0 bridgehead atoms. The standard InChI is InChI=1S/C15H12F6O7S/c1-8(2)11(22)27-10-5-3-9(4-6-10)12(23)28-13(14(16,17)18,15(19,20)21)7-29(24,25)26/h3-6H,1,7H2,2H3,(H,24,25,26)/p-1. The van der Waals surface area contributed by atoms with Crippen molar-refractivity contribution in [2.75, 3.05) is 5.75 Å². The number of alkyl halides is 6. The van der Waals surface area contributed by atoms with Crippen LogP contribution in [-0.4, -0.2) is 48.6 Å². The predicted octanol–water partition coefficient (Wildman–Crippen LogP) is 2.73. The van der Waals surface area contributed by atoms with E-state index in [0.29, 0.717) is 12.1 Å². The van der Waals surface area contributed by atoms with E-state index >= 15 is 0 Å². The zero-order chi connectivity index (χ0) is 22.8. The van der Waals surface area contributed by atoms with Gasteiger partial charge in [-0.05, 0) is 31.2 Å². The first-order valence-electron chi connectivity index (χ1n) is 7.18. The maximum Gasteiger partial charge on any atom is 0.438 e. The number of hydrogen-bond donors (Lipinski definition) is 0. The van der Waals surface area contributed by atoms with Crippen LogP contribution >= 0.6 is 0 Å². The third kappa shape index (κ3) is 5.93. The van der Waals surface area contributed by atoms with Crippen LogP contribution in [0.2, 0.25) is 0 Å². The van der Waals surface area contributed by atoms with Crippen molar-refractivity contribution in [1.82, 2.24) is 0 Å². The number of halogens is 6. The molecular formula is C15H11F6O7S-. The lowest BCUT2D eigenvalue weighted by molar-refractivity contribution is -0.356. The number of benzene rings is 1. The lowest BCUT2D eigenvalue weighted by Crippen LogP contribution is -2.63. The molecule has 29 heavy (non-hydrogen) atoms. The van der Waals surface area contributed by atoms with Gasteiger partial charge in [0, 0.05) is 5.57 Å². The summed E-state index contributed by atoms with van der Waals surface area (Å²) in [5.41, 5.74) is -6.48. The molecule has 0 N–H and O–H groups in total. The molecule has 0 radical (unpaired) electrons. The van der Waals surface area contributed by atoms with E-state index in [2.05, 4.69) is 11.3 Å². The molecule has 0 amide bonds. The third-order valence-electron chi connectivity index (χ3n) is 3.21. The quantitative estimate of drug-likeness (QED) is 0.216. The molecule has 0 aliphatic heterocycles. The number of esters is 2. The van der Waals surface area contributed by atoms with Crippen LogP contribution in [0.5, 0.6) is 5.75 Å². The second-order valence-electron chi connectivity index (χ2n) is 5.61. The number of hydrogen-bond acceptors (Lipinski definition) is 7. The number of carbonyl (C=O) groups excluding carboxylic acids is 2. The van der Waals surface area contributed by atoms with Crippen LogP contribution in [0, 0.1) is 0 Å². The molecule has 1 rings (SSSR count). The van der Waals surface area contributed by atoms with Crippen molar-refractivity contribution in [3.8, 4) is 5.75 Å². The molecule has 0 aromatic heterocycles. The van der Waals surface area contributed by atoms with Gasteiger partial charge in [-0.15, -0.1) is 0 Å². The molecule has 0 spiro atoms.